The lowest BCUT2D eigenvalue weighted by molar-refractivity contribution is -0.117. The molecule has 0 unspecified atom stereocenters. The highest BCUT2D eigenvalue weighted by Gasteiger charge is 2.20. The number of rotatable bonds is 6. The second-order valence-electron chi connectivity index (χ2n) is 5.00. The Kier molecular flexibility index (Phi) is 4.47. The van der Waals surface area contributed by atoms with Gasteiger partial charge in [-0.05, 0) is 19.1 Å². The van der Waals surface area contributed by atoms with Gasteiger partial charge in [0.05, 0.1) is 18.1 Å². The fourth-order valence-corrected chi connectivity index (χ4v) is 2.89. The van der Waals surface area contributed by atoms with Crippen molar-refractivity contribution < 1.29 is 9.21 Å². The lowest BCUT2D eigenvalue weighted by Crippen LogP contribution is -2.23. The molecule has 23 heavy (non-hydrogen) atoms. The van der Waals surface area contributed by atoms with E-state index in [1.165, 1.54) is 11.8 Å². The van der Waals surface area contributed by atoms with Gasteiger partial charge in [0.25, 0.3) is 0 Å². The highest BCUT2D eigenvalue weighted by molar-refractivity contribution is 8.00. The zero-order valence-electron chi connectivity index (χ0n) is 12.5. The number of carbonyl (C=O) groups excluding carboxylic acids is 1. The van der Waals surface area contributed by atoms with Gasteiger partial charge in [0.2, 0.25) is 5.91 Å². The first-order valence-electron chi connectivity index (χ1n) is 7.12. The number of nitrogens with two attached hydrogens (primary N) is 1. The Hall–Kier alpha value is -2.54. The fourth-order valence-electron chi connectivity index (χ4n) is 2.09. The average Bonchev–Trinajstić information content (AvgIpc) is 3.19. The van der Waals surface area contributed by atoms with E-state index in [9.17, 15) is 4.79 Å². The third kappa shape index (κ3) is 3.45. The average molecular weight is 328 g/mol. The summed E-state index contributed by atoms with van der Waals surface area (Å²) in [6.45, 7) is 2.24. The molecule has 1 atom stereocenters. The van der Waals surface area contributed by atoms with Gasteiger partial charge in [-0.15, -0.1) is 10.2 Å². The first-order chi connectivity index (χ1) is 11.1. The molecule has 1 amide bonds. The van der Waals surface area contributed by atoms with E-state index in [1.807, 2.05) is 47.0 Å². The summed E-state index contributed by atoms with van der Waals surface area (Å²) in [5.74, 6) is 1.13. The minimum absolute atomic E-state index is 0.385. The molecular formula is C16H16N4O2S. The number of hydrogen-bond acceptors (Lipinski definition) is 5. The SMILES string of the molecule is C[C@H](Sc1nnc(-c2ccccc2)n1Cc1ccco1)C(N)=O. The maximum atomic E-state index is 11.3. The number of amides is 1. The maximum Gasteiger partial charge on any atom is 0.230 e. The van der Waals surface area contributed by atoms with Gasteiger partial charge in [0.1, 0.15) is 5.76 Å². The van der Waals surface area contributed by atoms with Crippen LogP contribution in [0.3, 0.4) is 0 Å². The molecule has 0 saturated carbocycles. The van der Waals surface area contributed by atoms with E-state index in [0.717, 1.165) is 17.1 Å². The van der Waals surface area contributed by atoms with Crippen molar-refractivity contribution in [3.8, 4) is 11.4 Å². The van der Waals surface area contributed by atoms with Crippen LogP contribution in [0.4, 0.5) is 0 Å². The van der Waals surface area contributed by atoms with Crippen molar-refractivity contribution in [2.45, 2.75) is 23.9 Å². The van der Waals surface area contributed by atoms with Crippen LogP contribution in [0, 0.1) is 0 Å². The summed E-state index contributed by atoms with van der Waals surface area (Å²) in [4.78, 5) is 11.3. The Labute approximate surface area is 137 Å². The third-order valence-electron chi connectivity index (χ3n) is 3.33. The Morgan fingerprint density at radius 2 is 2.04 bits per heavy atom. The maximum absolute atomic E-state index is 11.3. The normalized spacial score (nSPS) is 12.2. The molecule has 3 aromatic rings. The fraction of sp³-hybridized carbons (Fsp3) is 0.188. The van der Waals surface area contributed by atoms with E-state index in [1.54, 1.807) is 13.2 Å². The van der Waals surface area contributed by atoms with Gasteiger partial charge in [-0.2, -0.15) is 0 Å². The Morgan fingerprint density at radius 1 is 1.26 bits per heavy atom. The number of hydrogen-bond donors (Lipinski definition) is 1. The van der Waals surface area contributed by atoms with E-state index < -0.39 is 5.25 Å². The first kappa shape index (κ1) is 15.4. The summed E-state index contributed by atoms with van der Waals surface area (Å²) in [5.41, 5.74) is 6.30. The quantitative estimate of drug-likeness (QED) is 0.703. The van der Waals surface area contributed by atoms with E-state index in [-0.39, 0.29) is 5.91 Å². The standard InChI is InChI=1S/C16H16N4O2S/c1-11(14(17)21)23-16-19-18-15(12-6-3-2-4-7-12)20(16)10-13-8-5-9-22-13/h2-9,11H,10H2,1H3,(H2,17,21)/t11-/m0/s1. The van der Waals surface area contributed by atoms with Crippen LogP contribution in [0.15, 0.2) is 58.3 Å². The van der Waals surface area contributed by atoms with Gasteiger partial charge >= 0.3 is 0 Å². The number of thioether (sulfide) groups is 1. The van der Waals surface area contributed by atoms with Crippen molar-refractivity contribution in [1.82, 2.24) is 14.8 Å². The van der Waals surface area contributed by atoms with Gasteiger partial charge in [-0.25, -0.2) is 0 Å². The summed E-state index contributed by atoms with van der Waals surface area (Å²) in [6.07, 6.45) is 1.63. The van der Waals surface area contributed by atoms with E-state index in [2.05, 4.69) is 10.2 Å². The predicted molar refractivity (Wildman–Crippen MR) is 87.8 cm³/mol. The van der Waals surface area contributed by atoms with E-state index >= 15 is 0 Å². The van der Waals surface area contributed by atoms with Crippen LogP contribution in [0.5, 0.6) is 0 Å². The Bertz CT molecular complexity index is 784. The molecule has 6 nitrogen and oxygen atoms in total. The molecule has 3 rings (SSSR count). The zero-order chi connectivity index (χ0) is 16.2. The second-order valence-corrected chi connectivity index (χ2v) is 6.31. The summed E-state index contributed by atoms with van der Waals surface area (Å²) < 4.78 is 7.36. The smallest absolute Gasteiger partial charge is 0.230 e. The molecule has 2 heterocycles. The molecule has 1 aromatic carbocycles. The largest absolute Gasteiger partial charge is 0.467 e. The molecule has 0 aliphatic rings. The van der Waals surface area contributed by atoms with Crippen molar-refractivity contribution in [1.29, 1.82) is 0 Å². The highest BCUT2D eigenvalue weighted by Crippen LogP contribution is 2.27. The number of nitrogens with zero attached hydrogens (tertiary/aromatic N) is 3. The van der Waals surface area contributed by atoms with Gasteiger partial charge in [-0.1, -0.05) is 42.1 Å². The summed E-state index contributed by atoms with van der Waals surface area (Å²) in [5, 5.41) is 8.74. The Morgan fingerprint density at radius 3 is 2.70 bits per heavy atom. The molecule has 0 aliphatic carbocycles. The summed E-state index contributed by atoms with van der Waals surface area (Å²) in [6, 6.07) is 13.5. The van der Waals surface area contributed by atoms with Crippen LogP contribution in [-0.4, -0.2) is 25.9 Å². The number of aromatic nitrogens is 3. The third-order valence-corrected chi connectivity index (χ3v) is 4.42. The van der Waals surface area contributed by atoms with Gasteiger partial charge in [-0.3, -0.25) is 9.36 Å². The molecule has 7 heteroatoms. The lowest BCUT2D eigenvalue weighted by Gasteiger charge is -2.10. The van der Waals surface area contributed by atoms with Crippen LogP contribution >= 0.6 is 11.8 Å². The molecular weight excluding hydrogens is 312 g/mol. The zero-order valence-corrected chi connectivity index (χ0v) is 13.4. The van der Waals surface area contributed by atoms with Gasteiger partial charge in [0, 0.05) is 5.56 Å². The molecule has 2 aromatic heterocycles. The lowest BCUT2D eigenvalue weighted by atomic mass is 10.2. The minimum atomic E-state index is -0.391. The van der Waals surface area contributed by atoms with Crippen LogP contribution in [0.1, 0.15) is 12.7 Å². The summed E-state index contributed by atoms with van der Waals surface area (Å²) in [7, 11) is 0. The molecule has 0 bridgehead atoms. The Balaban J connectivity index is 1.99. The van der Waals surface area contributed by atoms with E-state index in [0.29, 0.717) is 11.7 Å². The number of primary amides is 1. The number of furan rings is 1. The summed E-state index contributed by atoms with van der Waals surface area (Å²) >= 11 is 1.29. The van der Waals surface area contributed by atoms with Crippen molar-refractivity contribution in [3.05, 3.63) is 54.5 Å². The first-order valence-corrected chi connectivity index (χ1v) is 8.00. The monoisotopic (exact) mass is 328 g/mol. The van der Waals surface area contributed by atoms with Gasteiger partial charge in [0.15, 0.2) is 11.0 Å². The van der Waals surface area contributed by atoms with Crippen LogP contribution in [0.2, 0.25) is 0 Å². The predicted octanol–water partition coefficient (Wildman–Crippen LogP) is 2.55. The number of carbonyl (C=O) groups is 1. The topological polar surface area (TPSA) is 86.9 Å². The molecule has 118 valence electrons. The number of benzene rings is 1. The molecule has 0 spiro atoms. The van der Waals surface area contributed by atoms with Crippen molar-refractivity contribution in [2.75, 3.05) is 0 Å². The van der Waals surface area contributed by atoms with Crippen LogP contribution < -0.4 is 5.73 Å². The molecule has 0 aliphatic heterocycles. The second kappa shape index (κ2) is 6.70. The van der Waals surface area contributed by atoms with Crippen molar-refractivity contribution in [3.63, 3.8) is 0 Å². The minimum Gasteiger partial charge on any atom is -0.467 e. The van der Waals surface area contributed by atoms with E-state index in [4.69, 9.17) is 10.2 Å². The van der Waals surface area contributed by atoms with Crippen molar-refractivity contribution in [2.24, 2.45) is 5.73 Å². The van der Waals surface area contributed by atoms with Crippen LogP contribution in [-0.2, 0) is 11.3 Å². The molecule has 0 radical (unpaired) electrons. The molecule has 2 N–H and O–H groups in total. The van der Waals surface area contributed by atoms with Crippen LogP contribution in [0.25, 0.3) is 11.4 Å². The van der Waals surface area contributed by atoms with Crippen molar-refractivity contribution >= 4 is 17.7 Å². The van der Waals surface area contributed by atoms with Gasteiger partial charge < -0.3 is 10.2 Å². The highest BCUT2D eigenvalue weighted by atomic mass is 32.2. The molecule has 0 fully saturated rings. The molecule has 0 saturated heterocycles.